The number of nitrogens with one attached hydrogen (secondary N) is 1. The quantitative estimate of drug-likeness (QED) is 0.830. The number of carbonyl (C=O) groups excluding carboxylic acids is 1. The molecular formula is C16H19F4NO2. The van der Waals surface area contributed by atoms with Crippen LogP contribution in [0.4, 0.5) is 17.6 Å². The first-order valence-electron chi connectivity index (χ1n) is 7.55. The van der Waals surface area contributed by atoms with E-state index in [0.29, 0.717) is 18.4 Å². The second-order valence-corrected chi connectivity index (χ2v) is 5.91. The Hall–Kier alpha value is -1.63. The number of aliphatic hydroxyl groups excluding tert-OH is 1. The fraction of sp³-hybridized carbons (Fsp3) is 0.562. The average Bonchev–Trinajstić information content (AvgIpc) is 2.52. The highest BCUT2D eigenvalue weighted by Crippen LogP contribution is 2.39. The van der Waals surface area contributed by atoms with Crippen molar-refractivity contribution in [2.24, 2.45) is 11.8 Å². The monoisotopic (exact) mass is 333 g/mol. The normalized spacial score (nSPS) is 23.3. The summed E-state index contributed by atoms with van der Waals surface area (Å²) in [5, 5.41) is 12.4. The summed E-state index contributed by atoms with van der Waals surface area (Å²) in [5.41, 5.74) is 0.434. The molecule has 2 rings (SSSR count). The van der Waals surface area contributed by atoms with E-state index in [0.717, 1.165) is 0 Å². The lowest BCUT2D eigenvalue weighted by atomic mass is 9.80. The van der Waals surface area contributed by atoms with Gasteiger partial charge in [-0.2, -0.15) is 13.2 Å². The fourth-order valence-electron chi connectivity index (χ4n) is 2.87. The van der Waals surface area contributed by atoms with Crippen LogP contribution in [-0.4, -0.2) is 23.7 Å². The van der Waals surface area contributed by atoms with Gasteiger partial charge in [-0.1, -0.05) is 18.6 Å². The molecule has 3 atom stereocenters. The minimum absolute atomic E-state index is 0.0610. The number of hydrogen-bond acceptors (Lipinski definition) is 2. The predicted octanol–water partition coefficient (Wildman–Crippen LogP) is 3.34. The second kappa shape index (κ2) is 7.29. The standard InChI is InChI=1S/C16H19F4NO2/c17-13-6-4-10(5-7-13)14(22)9-21-15(23)11-2-1-3-12(8-11)16(18,19)20/h4-7,11-12,14,22H,1-3,8-9H2,(H,21,23). The first-order chi connectivity index (χ1) is 10.8. The lowest BCUT2D eigenvalue weighted by molar-refractivity contribution is -0.186. The number of aliphatic hydroxyl groups is 1. The van der Waals surface area contributed by atoms with Crippen molar-refractivity contribution in [2.45, 2.75) is 38.0 Å². The highest BCUT2D eigenvalue weighted by molar-refractivity contribution is 5.78. The topological polar surface area (TPSA) is 49.3 Å². The Morgan fingerprint density at radius 3 is 2.52 bits per heavy atom. The van der Waals surface area contributed by atoms with Crippen LogP contribution in [0, 0.1) is 17.7 Å². The summed E-state index contributed by atoms with van der Waals surface area (Å²) in [6, 6.07) is 5.17. The van der Waals surface area contributed by atoms with Crippen LogP contribution in [-0.2, 0) is 4.79 Å². The highest BCUT2D eigenvalue weighted by Gasteiger charge is 2.43. The zero-order valence-corrected chi connectivity index (χ0v) is 12.4. The van der Waals surface area contributed by atoms with E-state index in [9.17, 15) is 27.5 Å². The van der Waals surface area contributed by atoms with E-state index >= 15 is 0 Å². The Bertz CT molecular complexity index is 530. The Morgan fingerprint density at radius 2 is 1.91 bits per heavy atom. The number of halogens is 4. The molecule has 23 heavy (non-hydrogen) atoms. The van der Waals surface area contributed by atoms with Crippen LogP contribution in [0.1, 0.15) is 37.4 Å². The van der Waals surface area contributed by atoms with Crippen molar-refractivity contribution in [1.29, 1.82) is 0 Å². The van der Waals surface area contributed by atoms with Crippen LogP contribution in [0.2, 0.25) is 0 Å². The van der Waals surface area contributed by atoms with E-state index in [1.54, 1.807) is 0 Å². The molecule has 1 saturated carbocycles. The van der Waals surface area contributed by atoms with E-state index in [-0.39, 0.29) is 19.4 Å². The van der Waals surface area contributed by atoms with E-state index in [4.69, 9.17) is 0 Å². The van der Waals surface area contributed by atoms with Gasteiger partial charge in [-0.3, -0.25) is 4.79 Å². The van der Waals surface area contributed by atoms with Crippen molar-refractivity contribution in [3.63, 3.8) is 0 Å². The van der Waals surface area contributed by atoms with E-state index < -0.39 is 35.8 Å². The van der Waals surface area contributed by atoms with Crippen molar-refractivity contribution in [2.75, 3.05) is 6.54 Å². The van der Waals surface area contributed by atoms with Gasteiger partial charge in [0.15, 0.2) is 0 Å². The molecule has 3 unspecified atom stereocenters. The third-order valence-electron chi connectivity index (χ3n) is 4.23. The Morgan fingerprint density at radius 1 is 1.26 bits per heavy atom. The van der Waals surface area contributed by atoms with Crippen molar-refractivity contribution in [1.82, 2.24) is 5.32 Å². The Kier molecular flexibility index (Phi) is 5.62. The molecule has 1 aliphatic carbocycles. The van der Waals surface area contributed by atoms with Gasteiger partial charge in [0, 0.05) is 12.5 Å². The third kappa shape index (κ3) is 4.92. The Balaban J connectivity index is 1.85. The Labute approximate surface area is 131 Å². The minimum atomic E-state index is -4.27. The zero-order valence-electron chi connectivity index (χ0n) is 12.4. The second-order valence-electron chi connectivity index (χ2n) is 5.91. The molecule has 0 saturated heterocycles. The summed E-state index contributed by atoms with van der Waals surface area (Å²) in [4.78, 5) is 12.0. The van der Waals surface area contributed by atoms with Gasteiger partial charge < -0.3 is 10.4 Å². The summed E-state index contributed by atoms with van der Waals surface area (Å²) < 4.78 is 51.0. The molecule has 1 aliphatic rings. The van der Waals surface area contributed by atoms with Gasteiger partial charge in [-0.25, -0.2) is 4.39 Å². The van der Waals surface area contributed by atoms with Crippen LogP contribution in [0.3, 0.4) is 0 Å². The summed E-state index contributed by atoms with van der Waals surface area (Å²) >= 11 is 0. The van der Waals surface area contributed by atoms with Crippen molar-refractivity contribution in [3.05, 3.63) is 35.6 Å². The lowest BCUT2D eigenvalue weighted by Gasteiger charge is -2.30. The van der Waals surface area contributed by atoms with Crippen LogP contribution >= 0.6 is 0 Å². The molecule has 0 spiro atoms. The van der Waals surface area contributed by atoms with E-state index in [1.165, 1.54) is 24.3 Å². The summed E-state index contributed by atoms with van der Waals surface area (Å²) in [6.45, 7) is -0.113. The number of amides is 1. The fourth-order valence-corrected chi connectivity index (χ4v) is 2.87. The number of benzene rings is 1. The van der Waals surface area contributed by atoms with Crippen LogP contribution < -0.4 is 5.32 Å². The van der Waals surface area contributed by atoms with E-state index in [2.05, 4.69) is 5.32 Å². The third-order valence-corrected chi connectivity index (χ3v) is 4.23. The maximum atomic E-state index is 12.8. The van der Waals surface area contributed by atoms with Gasteiger partial charge in [0.25, 0.3) is 0 Å². The van der Waals surface area contributed by atoms with Crippen LogP contribution in [0.25, 0.3) is 0 Å². The van der Waals surface area contributed by atoms with Gasteiger partial charge >= 0.3 is 6.18 Å². The van der Waals surface area contributed by atoms with Crippen molar-refractivity contribution >= 4 is 5.91 Å². The first-order valence-corrected chi connectivity index (χ1v) is 7.55. The molecule has 0 heterocycles. The molecule has 1 amide bonds. The molecule has 1 fully saturated rings. The average molecular weight is 333 g/mol. The molecule has 3 nitrogen and oxygen atoms in total. The number of carbonyl (C=O) groups is 1. The molecule has 0 aromatic heterocycles. The molecular weight excluding hydrogens is 314 g/mol. The minimum Gasteiger partial charge on any atom is -0.387 e. The molecule has 1 aromatic carbocycles. The molecule has 1 aromatic rings. The van der Waals surface area contributed by atoms with Crippen LogP contribution in [0.5, 0.6) is 0 Å². The molecule has 0 radical (unpaired) electrons. The predicted molar refractivity (Wildman–Crippen MR) is 75.9 cm³/mol. The van der Waals surface area contributed by atoms with Gasteiger partial charge in [0.05, 0.1) is 12.0 Å². The molecule has 7 heteroatoms. The first kappa shape index (κ1) is 17.7. The van der Waals surface area contributed by atoms with Crippen molar-refractivity contribution < 1.29 is 27.5 Å². The summed E-state index contributed by atoms with van der Waals surface area (Å²) in [7, 11) is 0. The summed E-state index contributed by atoms with van der Waals surface area (Å²) in [6.07, 6.45) is -4.66. The highest BCUT2D eigenvalue weighted by atomic mass is 19.4. The number of rotatable bonds is 4. The van der Waals surface area contributed by atoms with Crippen molar-refractivity contribution in [3.8, 4) is 0 Å². The van der Waals surface area contributed by atoms with Gasteiger partial charge in [0.1, 0.15) is 5.82 Å². The van der Waals surface area contributed by atoms with Crippen LogP contribution in [0.15, 0.2) is 24.3 Å². The van der Waals surface area contributed by atoms with Gasteiger partial charge in [0.2, 0.25) is 5.91 Å². The number of hydrogen-bond donors (Lipinski definition) is 2. The smallest absolute Gasteiger partial charge is 0.387 e. The SMILES string of the molecule is O=C(NCC(O)c1ccc(F)cc1)C1CCCC(C(F)(F)F)C1. The summed E-state index contributed by atoms with van der Waals surface area (Å²) in [5.74, 6) is -3.03. The maximum absolute atomic E-state index is 12.8. The molecule has 0 aliphatic heterocycles. The molecule has 128 valence electrons. The molecule has 2 N–H and O–H groups in total. The number of alkyl halides is 3. The van der Waals surface area contributed by atoms with Gasteiger partial charge in [-0.05, 0) is 37.0 Å². The lowest BCUT2D eigenvalue weighted by Crippen LogP contribution is -2.38. The maximum Gasteiger partial charge on any atom is 0.391 e. The molecule has 0 bridgehead atoms. The zero-order chi connectivity index (χ0) is 17.0. The van der Waals surface area contributed by atoms with E-state index in [1.807, 2.05) is 0 Å². The van der Waals surface area contributed by atoms with Gasteiger partial charge in [-0.15, -0.1) is 0 Å². The largest absolute Gasteiger partial charge is 0.391 e.